The maximum absolute atomic E-state index is 8.97. The minimum Gasteiger partial charge on any atom is -0.483 e. The molecule has 0 amide bonds. The molecule has 0 bridgehead atoms. The number of benzene rings is 2. The second-order valence-electron chi connectivity index (χ2n) is 3.33. The number of hydrogen-bond acceptors (Lipinski definition) is 3. The van der Waals surface area contributed by atoms with Crippen molar-refractivity contribution < 1.29 is 19.7 Å². The number of carboxylic acid groups (broad SMARTS) is 1. The Kier molecular flexibility index (Phi) is 6.00. The van der Waals surface area contributed by atoms with Crippen molar-refractivity contribution in [2.24, 2.45) is 0 Å². The van der Waals surface area contributed by atoms with Crippen molar-refractivity contribution >= 4 is 6.47 Å². The van der Waals surface area contributed by atoms with E-state index in [0.29, 0.717) is 0 Å². The van der Waals surface area contributed by atoms with Gasteiger partial charge in [0.25, 0.3) is 6.47 Å². The van der Waals surface area contributed by atoms with Crippen LogP contribution in [0.3, 0.4) is 0 Å². The highest BCUT2D eigenvalue weighted by atomic mass is 16.5. The zero-order chi connectivity index (χ0) is 13.2. The summed E-state index contributed by atoms with van der Waals surface area (Å²) in [4.78, 5) is 8.36. The number of ether oxygens (including phenoxy) is 1. The van der Waals surface area contributed by atoms with Crippen LogP contribution in [0.15, 0.2) is 54.6 Å². The normalized spacial score (nSPS) is 8.94. The van der Waals surface area contributed by atoms with Gasteiger partial charge in [-0.1, -0.05) is 30.3 Å². The molecule has 0 aliphatic heterocycles. The summed E-state index contributed by atoms with van der Waals surface area (Å²) < 4.78 is 5.61. The van der Waals surface area contributed by atoms with Crippen LogP contribution in [0.5, 0.6) is 11.5 Å². The van der Waals surface area contributed by atoms with Gasteiger partial charge in [0, 0.05) is 0 Å². The highest BCUT2D eigenvalue weighted by Gasteiger charge is 1.97. The average Bonchev–Trinajstić information content (AvgIpc) is 2.41. The predicted octanol–water partition coefficient (Wildman–Crippen LogP) is 2.67. The summed E-state index contributed by atoms with van der Waals surface area (Å²) in [5, 5.41) is 15.9. The van der Waals surface area contributed by atoms with Crippen LogP contribution >= 0.6 is 0 Å². The molecule has 0 aliphatic carbocycles. The van der Waals surface area contributed by atoms with E-state index in [-0.39, 0.29) is 13.1 Å². The first kappa shape index (κ1) is 13.7. The molecule has 0 atom stereocenters. The molecule has 0 saturated heterocycles. The molecular formula is C14H14O4. The highest BCUT2D eigenvalue weighted by Crippen LogP contribution is 2.21. The van der Waals surface area contributed by atoms with Crippen molar-refractivity contribution in [1.82, 2.24) is 0 Å². The third kappa shape index (κ3) is 4.67. The van der Waals surface area contributed by atoms with Gasteiger partial charge in [0.1, 0.15) is 11.5 Å². The van der Waals surface area contributed by atoms with Gasteiger partial charge in [0.15, 0.2) is 0 Å². The van der Waals surface area contributed by atoms with Gasteiger partial charge < -0.3 is 14.9 Å². The van der Waals surface area contributed by atoms with Crippen LogP contribution in [0.4, 0.5) is 0 Å². The van der Waals surface area contributed by atoms with Gasteiger partial charge in [-0.2, -0.15) is 0 Å². The zero-order valence-corrected chi connectivity index (χ0v) is 9.69. The second kappa shape index (κ2) is 7.86. The third-order valence-corrected chi connectivity index (χ3v) is 2.06. The van der Waals surface area contributed by atoms with Crippen LogP contribution in [0.2, 0.25) is 0 Å². The quantitative estimate of drug-likeness (QED) is 0.817. The molecule has 0 saturated carbocycles. The second-order valence-corrected chi connectivity index (χ2v) is 3.33. The van der Waals surface area contributed by atoms with E-state index < -0.39 is 0 Å². The largest absolute Gasteiger partial charge is 0.483 e. The number of para-hydroxylation sites is 1. The Bertz CT molecular complexity index is 468. The maximum Gasteiger partial charge on any atom is 0.290 e. The first-order valence-corrected chi connectivity index (χ1v) is 5.30. The van der Waals surface area contributed by atoms with E-state index in [0.717, 1.165) is 17.1 Å². The number of aliphatic hydroxyl groups is 1. The molecule has 18 heavy (non-hydrogen) atoms. The van der Waals surface area contributed by atoms with Crippen LogP contribution in [0.1, 0.15) is 5.56 Å². The van der Waals surface area contributed by atoms with Crippen molar-refractivity contribution in [3.63, 3.8) is 0 Å². The summed E-state index contributed by atoms with van der Waals surface area (Å²) in [5.74, 6) is 1.54. The molecule has 0 heterocycles. The molecule has 4 nitrogen and oxygen atoms in total. The summed E-state index contributed by atoms with van der Waals surface area (Å²) in [5.41, 5.74) is 0.850. The summed E-state index contributed by atoms with van der Waals surface area (Å²) in [6, 6.07) is 17.0. The lowest BCUT2D eigenvalue weighted by molar-refractivity contribution is -0.122. The number of rotatable bonds is 3. The third-order valence-electron chi connectivity index (χ3n) is 2.06. The molecular weight excluding hydrogens is 232 g/mol. The molecule has 0 fully saturated rings. The van der Waals surface area contributed by atoms with Gasteiger partial charge in [-0.05, 0) is 29.8 Å². The molecule has 0 aromatic heterocycles. The van der Waals surface area contributed by atoms with Gasteiger partial charge >= 0.3 is 0 Å². The standard InChI is InChI=1S/C13H12O2.CH2O2/c14-10-11-5-4-8-13(9-11)15-12-6-2-1-3-7-12;2-1-3/h1-9,14H,10H2;1H,(H,2,3). The van der Waals surface area contributed by atoms with Crippen LogP contribution in [0, 0.1) is 0 Å². The topological polar surface area (TPSA) is 66.8 Å². The molecule has 0 spiro atoms. The molecule has 2 aromatic carbocycles. The van der Waals surface area contributed by atoms with E-state index in [9.17, 15) is 0 Å². The molecule has 2 N–H and O–H groups in total. The van der Waals surface area contributed by atoms with Gasteiger partial charge in [0.05, 0.1) is 6.61 Å². The van der Waals surface area contributed by atoms with Crippen molar-refractivity contribution in [1.29, 1.82) is 0 Å². The Balaban J connectivity index is 0.000000492. The fourth-order valence-electron chi connectivity index (χ4n) is 1.33. The van der Waals surface area contributed by atoms with E-state index >= 15 is 0 Å². The Morgan fingerprint density at radius 2 is 1.61 bits per heavy atom. The highest BCUT2D eigenvalue weighted by molar-refractivity contribution is 5.33. The lowest BCUT2D eigenvalue weighted by Gasteiger charge is -2.06. The van der Waals surface area contributed by atoms with Crippen LogP contribution in [-0.4, -0.2) is 16.7 Å². The summed E-state index contributed by atoms with van der Waals surface area (Å²) >= 11 is 0. The summed E-state index contributed by atoms with van der Waals surface area (Å²) in [6.45, 7) is -0.216. The van der Waals surface area contributed by atoms with Gasteiger partial charge in [-0.25, -0.2) is 0 Å². The molecule has 0 radical (unpaired) electrons. The summed E-state index contributed by atoms with van der Waals surface area (Å²) in [7, 11) is 0. The number of hydrogen-bond donors (Lipinski definition) is 2. The van der Waals surface area contributed by atoms with Crippen LogP contribution in [0.25, 0.3) is 0 Å². The SMILES string of the molecule is O=CO.OCc1cccc(Oc2ccccc2)c1. The van der Waals surface area contributed by atoms with Crippen molar-refractivity contribution in [2.75, 3.05) is 0 Å². The Labute approximate surface area is 105 Å². The fourth-order valence-corrected chi connectivity index (χ4v) is 1.33. The molecule has 94 valence electrons. The molecule has 4 heteroatoms. The maximum atomic E-state index is 8.97. The summed E-state index contributed by atoms with van der Waals surface area (Å²) in [6.07, 6.45) is 0. The average molecular weight is 246 g/mol. The number of carbonyl (C=O) groups is 1. The first-order valence-electron chi connectivity index (χ1n) is 5.30. The first-order chi connectivity index (χ1) is 8.80. The van der Waals surface area contributed by atoms with Gasteiger partial charge in [-0.3, -0.25) is 4.79 Å². The van der Waals surface area contributed by atoms with E-state index in [1.54, 1.807) is 0 Å². The predicted molar refractivity (Wildman–Crippen MR) is 67.6 cm³/mol. The lowest BCUT2D eigenvalue weighted by Crippen LogP contribution is -1.86. The van der Waals surface area contributed by atoms with Crippen molar-refractivity contribution in [3.8, 4) is 11.5 Å². The van der Waals surface area contributed by atoms with Crippen molar-refractivity contribution in [2.45, 2.75) is 6.61 Å². The van der Waals surface area contributed by atoms with E-state index in [1.807, 2.05) is 54.6 Å². The minimum absolute atomic E-state index is 0.0337. The minimum atomic E-state index is -0.250. The Morgan fingerprint density at radius 3 is 2.22 bits per heavy atom. The van der Waals surface area contributed by atoms with Crippen LogP contribution in [-0.2, 0) is 11.4 Å². The zero-order valence-electron chi connectivity index (χ0n) is 9.69. The molecule has 0 unspecified atom stereocenters. The van der Waals surface area contributed by atoms with E-state index in [2.05, 4.69) is 0 Å². The lowest BCUT2D eigenvalue weighted by atomic mass is 10.2. The van der Waals surface area contributed by atoms with E-state index in [1.165, 1.54) is 0 Å². The smallest absolute Gasteiger partial charge is 0.290 e. The van der Waals surface area contributed by atoms with Gasteiger partial charge in [-0.15, -0.1) is 0 Å². The van der Waals surface area contributed by atoms with Crippen LogP contribution < -0.4 is 4.74 Å². The Hall–Kier alpha value is -2.33. The van der Waals surface area contributed by atoms with E-state index in [4.69, 9.17) is 19.7 Å². The molecule has 0 aliphatic rings. The Morgan fingerprint density at radius 1 is 1.00 bits per heavy atom. The van der Waals surface area contributed by atoms with Crippen molar-refractivity contribution in [3.05, 3.63) is 60.2 Å². The molecule has 2 aromatic rings. The monoisotopic (exact) mass is 246 g/mol. The number of aliphatic hydroxyl groups excluding tert-OH is 1. The molecule has 2 rings (SSSR count). The fraction of sp³-hybridized carbons (Fsp3) is 0.0714. The van der Waals surface area contributed by atoms with Gasteiger partial charge in [0.2, 0.25) is 0 Å².